The standard InChI is InChI=1S/C11H19N3/c1-2-5-14-8-10(7-13-14)9-3-4-11(12)6-9/h7-9,11H,2-6,12H2,1H3. The summed E-state index contributed by atoms with van der Waals surface area (Å²) in [7, 11) is 0. The lowest BCUT2D eigenvalue weighted by atomic mass is 10.0. The highest BCUT2D eigenvalue weighted by Gasteiger charge is 2.23. The smallest absolute Gasteiger partial charge is 0.0524 e. The molecule has 1 saturated carbocycles. The number of nitrogens with zero attached hydrogens (tertiary/aromatic N) is 2. The lowest BCUT2D eigenvalue weighted by Gasteiger charge is -2.05. The number of hydrogen-bond acceptors (Lipinski definition) is 2. The fourth-order valence-corrected chi connectivity index (χ4v) is 2.26. The molecule has 14 heavy (non-hydrogen) atoms. The summed E-state index contributed by atoms with van der Waals surface area (Å²) in [5.74, 6) is 0.663. The van der Waals surface area contributed by atoms with Crippen LogP contribution in [0.5, 0.6) is 0 Å². The Hall–Kier alpha value is -0.830. The highest BCUT2D eigenvalue weighted by Crippen LogP contribution is 2.33. The van der Waals surface area contributed by atoms with Gasteiger partial charge in [0.2, 0.25) is 0 Å². The van der Waals surface area contributed by atoms with Gasteiger partial charge in [-0.05, 0) is 37.2 Å². The van der Waals surface area contributed by atoms with E-state index >= 15 is 0 Å². The van der Waals surface area contributed by atoms with Crippen LogP contribution in [0.25, 0.3) is 0 Å². The Morgan fingerprint density at radius 2 is 2.43 bits per heavy atom. The molecule has 2 unspecified atom stereocenters. The molecular formula is C11H19N3. The molecule has 0 radical (unpaired) electrons. The highest BCUT2D eigenvalue weighted by atomic mass is 15.3. The topological polar surface area (TPSA) is 43.8 Å². The van der Waals surface area contributed by atoms with E-state index in [9.17, 15) is 0 Å². The molecule has 0 amide bonds. The quantitative estimate of drug-likeness (QED) is 0.796. The van der Waals surface area contributed by atoms with Gasteiger partial charge in [0.1, 0.15) is 0 Å². The minimum absolute atomic E-state index is 0.412. The lowest BCUT2D eigenvalue weighted by molar-refractivity contribution is 0.600. The van der Waals surface area contributed by atoms with Crippen molar-refractivity contribution in [3.63, 3.8) is 0 Å². The molecule has 2 rings (SSSR count). The molecule has 1 fully saturated rings. The maximum Gasteiger partial charge on any atom is 0.0524 e. The van der Waals surface area contributed by atoms with Crippen molar-refractivity contribution in [3.05, 3.63) is 18.0 Å². The zero-order chi connectivity index (χ0) is 9.97. The maximum atomic E-state index is 5.90. The monoisotopic (exact) mass is 193 g/mol. The molecule has 1 aromatic rings. The molecule has 78 valence electrons. The number of aromatic nitrogens is 2. The van der Waals surface area contributed by atoms with Crippen LogP contribution in [0.1, 0.15) is 44.1 Å². The summed E-state index contributed by atoms with van der Waals surface area (Å²) in [5, 5.41) is 4.35. The first-order valence-corrected chi connectivity index (χ1v) is 5.57. The third kappa shape index (κ3) is 1.98. The van der Waals surface area contributed by atoms with Crippen molar-refractivity contribution < 1.29 is 0 Å². The van der Waals surface area contributed by atoms with Crippen LogP contribution in [0, 0.1) is 0 Å². The zero-order valence-corrected chi connectivity index (χ0v) is 8.82. The molecule has 0 aliphatic heterocycles. The third-order valence-corrected chi connectivity index (χ3v) is 3.05. The van der Waals surface area contributed by atoms with Crippen molar-refractivity contribution >= 4 is 0 Å². The van der Waals surface area contributed by atoms with Crippen molar-refractivity contribution in [2.45, 2.75) is 51.1 Å². The zero-order valence-electron chi connectivity index (χ0n) is 8.82. The minimum atomic E-state index is 0.412. The van der Waals surface area contributed by atoms with Crippen molar-refractivity contribution in [2.75, 3.05) is 0 Å². The number of rotatable bonds is 3. The van der Waals surface area contributed by atoms with Crippen molar-refractivity contribution in [1.82, 2.24) is 9.78 Å². The number of nitrogens with two attached hydrogens (primary N) is 1. The Morgan fingerprint density at radius 1 is 1.57 bits per heavy atom. The molecule has 1 aliphatic carbocycles. The van der Waals surface area contributed by atoms with Crippen LogP contribution in [-0.4, -0.2) is 15.8 Å². The van der Waals surface area contributed by atoms with E-state index in [4.69, 9.17) is 5.73 Å². The van der Waals surface area contributed by atoms with Crippen LogP contribution in [0.2, 0.25) is 0 Å². The molecular weight excluding hydrogens is 174 g/mol. The van der Waals surface area contributed by atoms with Gasteiger partial charge in [0.05, 0.1) is 6.20 Å². The summed E-state index contributed by atoms with van der Waals surface area (Å²) in [6.07, 6.45) is 8.89. The van der Waals surface area contributed by atoms with Gasteiger partial charge in [-0.2, -0.15) is 5.10 Å². The van der Waals surface area contributed by atoms with Gasteiger partial charge in [0.15, 0.2) is 0 Å². The average molecular weight is 193 g/mol. The molecule has 0 aromatic carbocycles. The molecule has 0 bridgehead atoms. The number of hydrogen-bond donors (Lipinski definition) is 1. The van der Waals surface area contributed by atoms with Gasteiger partial charge in [0, 0.05) is 18.8 Å². The van der Waals surface area contributed by atoms with E-state index in [0.717, 1.165) is 19.4 Å². The summed E-state index contributed by atoms with van der Waals surface area (Å²) < 4.78 is 2.04. The molecule has 2 N–H and O–H groups in total. The molecule has 3 nitrogen and oxygen atoms in total. The summed E-state index contributed by atoms with van der Waals surface area (Å²) in [4.78, 5) is 0. The minimum Gasteiger partial charge on any atom is -0.328 e. The van der Waals surface area contributed by atoms with Gasteiger partial charge in [-0.15, -0.1) is 0 Å². The van der Waals surface area contributed by atoms with E-state index < -0.39 is 0 Å². The molecule has 1 heterocycles. The largest absolute Gasteiger partial charge is 0.328 e. The maximum absolute atomic E-state index is 5.90. The Bertz CT molecular complexity index is 292. The SMILES string of the molecule is CCCn1cc(C2CCC(N)C2)cn1. The first-order valence-electron chi connectivity index (χ1n) is 5.57. The predicted molar refractivity (Wildman–Crippen MR) is 57.1 cm³/mol. The second-order valence-corrected chi connectivity index (χ2v) is 4.31. The first-order chi connectivity index (χ1) is 6.79. The molecule has 2 atom stereocenters. The van der Waals surface area contributed by atoms with Crippen LogP contribution in [-0.2, 0) is 6.54 Å². The van der Waals surface area contributed by atoms with E-state index in [1.807, 2.05) is 10.9 Å². The summed E-state index contributed by atoms with van der Waals surface area (Å²) >= 11 is 0. The van der Waals surface area contributed by atoms with Gasteiger partial charge >= 0.3 is 0 Å². The van der Waals surface area contributed by atoms with Gasteiger partial charge in [-0.1, -0.05) is 6.92 Å². The molecule has 1 aliphatic rings. The van der Waals surface area contributed by atoms with E-state index in [1.54, 1.807) is 0 Å². The Labute approximate surface area is 85.3 Å². The summed E-state index contributed by atoms with van der Waals surface area (Å²) in [6, 6.07) is 0.412. The van der Waals surface area contributed by atoms with Gasteiger partial charge in [0.25, 0.3) is 0 Å². The van der Waals surface area contributed by atoms with Crippen LogP contribution < -0.4 is 5.73 Å². The molecule has 0 spiro atoms. The fraction of sp³-hybridized carbons (Fsp3) is 0.727. The summed E-state index contributed by atoms with van der Waals surface area (Å²) in [5.41, 5.74) is 7.28. The Morgan fingerprint density at radius 3 is 3.07 bits per heavy atom. The van der Waals surface area contributed by atoms with Crippen molar-refractivity contribution in [3.8, 4) is 0 Å². The predicted octanol–water partition coefficient (Wildman–Crippen LogP) is 1.89. The fourth-order valence-electron chi connectivity index (χ4n) is 2.26. The van der Waals surface area contributed by atoms with Gasteiger partial charge in [-0.3, -0.25) is 4.68 Å². The van der Waals surface area contributed by atoms with E-state index in [1.165, 1.54) is 18.4 Å². The van der Waals surface area contributed by atoms with Crippen molar-refractivity contribution in [2.24, 2.45) is 5.73 Å². The summed E-state index contributed by atoms with van der Waals surface area (Å²) in [6.45, 7) is 3.20. The number of aryl methyl sites for hydroxylation is 1. The van der Waals surface area contributed by atoms with E-state index in [0.29, 0.717) is 12.0 Å². The van der Waals surface area contributed by atoms with Crippen molar-refractivity contribution in [1.29, 1.82) is 0 Å². The lowest BCUT2D eigenvalue weighted by Crippen LogP contribution is -2.14. The molecule has 0 saturated heterocycles. The first kappa shape index (κ1) is 9.71. The Kier molecular flexibility index (Phi) is 2.87. The second kappa shape index (κ2) is 4.13. The van der Waals surface area contributed by atoms with Gasteiger partial charge in [-0.25, -0.2) is 0 Å². The molecule has 3 heteroatoms. The highest BCUT2D eigenvalue weighted by molar-refractivity contribution is 5.13. The Balaban J connectivity index is 2.02. The second-order valence-electron chi connectivity index (χ2n) is 4.31. The molecule has 1 aromatic heterocycles. The third-order valence-electron chi connectivity index (χ3n) is 3.05. The van der Waals surface area contributed by atoms with Crippen LogP contribution in [0.15, 0.2) is 12.4 Å². The van der Waals surface area contributed by atoms with Crippen LogP contribution >= 0.6 is 0 Å². The van der Waals surface area contributed by atoms with Gasteiger partial charge < -0.3 is 5.73 Å². The average Bonchev–Trinajstić information content (AvgIpc) is 2.74. The van der Waals surface area contributed by atoms with E-state index in [-0.39, 0.29) is 0 Å². The normalized spacial score (nSPS) is 27.0. The van der Waals surface area contributed by atoms with Crippen LogP contribution in [0.4, 0.5) is 0 Å². The van der Waals surface area contributed by atoms with E-state index in [2.05, 4.69) is 18.2 Å². The van der Waals surface area contributed by atoms with Crippen LogP contribution in [0.3, 0.4) is 0 Å².